The molecule has 0 unspecified atom stereocenters. The Bertz CT molecular complexity index is 1050. The Kier molecular flexibility index (Phi) is 3.10. The molecule has 0 saturated carbocycles. The SMILES string of the molecule is COc1cccc2[nH]cc(/C(C#N)=C3\Nc4ccccc4C3=O)c12. The van der Waals surface area contributed by atoms with E-state index in [4.69, 9.17) is 4.74 Å². The third-order valence-corrected chi connectivity index (χ3v) is 4.18. The summed E-state index contributed by atoms with van der Waals surface area (Å²) in [5.74, 6) is 0.478. The number of hydrogen-bond donors (Lipinski definition) is 2. The number of H-pyrrole nitrogens is 1. The number of hydrogen-bond acceptors (Lipinski definition) is 4. The lowest BCUT2D eigenvalue weighted by Gasteiger charge is -2.06. The molecular formula is C19H13N3O2. The van der Waals surface area contributed by atoms with Gasteiger partial charge in [-0.3, -0.25) is 4.79 Å². The molecule has 5 heteroatoms. The Morgan fingerprint density at radius 3 is 2.75 bits per heavy atom. The number of nitrogens with zero attached hydrogens (tertiary/aromatic N) is 1. The third-order valence-electron chi connectivity index (χ3n) is 4.18. The molecule has 2 heterocycles. The number of carbonyl (C=O) groups excluding carboxylic acids is 1. The van der Waals surface area contributed by atoms with Gasteiger partial charge in [0, 0.05) is 28.5 Å². The van der Waals surface area contributed by atoms with Crippen molar-refractivity contribution in [3.8, 4) is 11.8 Å². The van der Waals surface area contributed by atoms with Crippen LogP contribution >= 0.6 is 0 Å². The number of anilines is 1. The molecule has 0 spiro atoms. The van der Waals surface area contributed by atoms with Crippen LogP contribution in [0, 0.1) is 11.3 Å². The van der Waals surface area contributed by atoms with Crippen LogP contribution in [0.3, 0.4) is 0 Å². The van der Waals surface area contributed by atoms with Gasteiger partial charge in [0.05, 0.1) is 18.1 Å². The maximum Gasteiger partial charge on any atom is 0.212 e. The summed E-state index contributed by atoms with van der Waals surface area (Å²) in [7, 11) is 1.58. The van der Waals surface area contributed by atoms with Crippen molar-refractivity contribution in [3.63, 3.8) is 0 Å². The highest BCUT2D eigenvalue weighted by Gasteiger charge is 2.29. The summed E-state index contributed by atoms with van der Waals surface area (Å²) in [6.45, 7) is 0. The Morgan fingerprint density at radius 1 is 1.17 bits per heavy atom. The maximum absolute atomic E-state index is 12.7. The molecule has 0 radical (unpaired) electrons. The van der Waals surface area contributed by atoms with Gasteiger partial charge in [-0.25, -0.2) is 0 Å². The van der Waals surface area contributed by atoms with E-state index in [2.05, 4.69) is 16.4 Å². The smallest absolute Gasteiger partial charge is 0.212 e. The molecule has 24 heavy (non-hydrogen) atoms. The molecule has 0 amide bonds. The van der Waals surface area contributed by atoms with E-state index >= 15 is 0 Å². The minimum absolute atomic E-state index is 0.175. The number of ketones is 1. The molecule has 0 saturated heterocycles. The highest BCUT2D eigenvalue weighted by Crippen LogP contribution is 2.37. The van der Waals surface area contributed by atoms with E-state index in [1.807, 2.05) is 36.4 Å². The van der Waals surface area contributed by atoms with E-state index < -0.39 is 0 Å². The molecule has 1 aliphatic rings. The molecule has 2 aromatic carbocycles. The monoisotopic (exact) mass is 315 g/mol. The maximum atomic E-state index is 12.7. The number of nitrogens with one attached hydrogen (secondary N) is 2. The van der Waals surface area contributed by atoms with Gasteiger partial charge < -0.3 is 15.0 Å². The highest BCUT2D eigenvalue weighted by atomic mass is 16.5. The molecule has 0 fully saturated rings. The summed E-state index contributed by atoms with van der Waals surface area (Å²) in [5.41, 5.74) is 3.39. The zero-order valence-electron chi connectivity index (χ0n) is 12.9. The molecular weight excluding hydrogens is 302 g/mol. The van der Waals surface area contributed by atoms with Crippen molar-refractivity contribution < 1.29 is 9.53 Å². The van der Waals surface area contributed by atoms with Gasteiger partial charge in [0.25, 0.3) is 0 Å². The van der Waals surface area contributed by atoms with Crippen molar-refractivity contribution in [2.24, 2.45) is 0 Å². The first-order chi connectivity index (χ1) is 11.7. The fourth-order valence-electron chi connectivity index (χ4n) is 3.06. The minimum atomic E-state index is -0.175. The first-order valence-electron chi connectivity index (χ1n) is 7.44. The standard InChI is InChI=1S/C19H13N3O2/c1-24-16-8-4-7-15-17(16)13(10-21-15)12(9-20)18-19(23)11-5-2-3-6-14(11)22-18/h2-8,10,21-22H,1H3/b18-12-. The molecule has 0 atom stereocenters. The highest BCUT2D eigenvalue weighted by molar-refractivity contribution is 6.24. The first-order valence-corrected chi connectivity index (χ1v) is 7.44. The Labute approximate surface area is 138 Å². The summed E-state index contributed by atoms with van der Waals surface area (Å²) < 4.78 is 5.42. The van der Waals surface area contributed by atoms with Gasteiger partial charge in [-0.2, -0.15) is 5.26 Å². The molecule has 0 aliphatic carbocycles. The number of benzene rings is 2. The summed E-state index contributed by atoms with van der Waals surface area (Å²) >= 11 is 0. The number of allylic oxidation sites excluding steroid dienone is 2. The Balaban J connectivity index is 1.96. The van der Waals surface area contributed by atoms with Gasteiger partial charge in [-0.15, -0.1) is 0 Å². The first kappa shape index (κ1) is 14.1. The molecule has 2 N–H and O–H groups in total. The van der Waals surface area contributed by atoms with Crippen LogP contribution in [-0.2, 0) is 0 Å². The van der Waals surface area contributed by atoms with Crippen LogP contribution in [0.1, 0.15) is 15.9 Å². The zero-order valence-corrected chi connectivity index (χ0v) is 12.9. The summed E-state index contributed by atoms with van der Waals surface area (Å²) in [6.07, 6.45) is 1.73. The summed E-state index contributed by atoms with van der Waals surface area (Å²) in [4.78, 5) is 15.8. The number of para-hydroxylation sites is 1. The van der Waals surface area contributed by atoms with Crippen molar-refractivity contribution in [1.29, 1.82) is 5.26 Å². The number of aromatic nitrogens is 1. The quantitative estimate of drug-likeness (QED) is 0.558. The number of ether oxygens (including phenoxy) is 1. The number of rotatable bonds is 2. The molecule has 5 nitrogen and oxygen atoms in total. The van der Waals surface area contributed by atoms with Crippen LogP contribution in [0.5, 0.6) is 5.75 Å². The van der Waals surface area contributed by atoms with E-state index in [0.717, 1.165) is 16.6 Å². The second kappa shape index (κ2) is 5.28. The molecule has 3 aromatic rings. The van der Waals surface area contributed by atoms with E-state index in [-0.39, 0.29) is 5.78 Å². The Hall–Kier alpha value is -3.52. The van der Waals surface area contributed by atoms with E-state index in [9.17, 15) is 10.1 Å². The molecule has 4 rings (SSSR count). The summed E-state index contributed by atoms with van der Waals surface area (Å²) in [5, 5.41) is 13.6. The average Bonchev–Trinajstić information content (AvgIpc) is 3.19. The van der Waals surface area contributed by atoms with Crippen molar-refractivity contribution >= 4 is 27.9 Å². The second-order valence-corrected chi connectivity index (χ2v) is 5.45. The van der Waals surface area contributed by atoms with Crippen molar-refractivity contribution in [2.75, 3.05) is 12.4 Å². The third kappa shape index (κ3) is 1.90. The normalized spacial score (nSPS) is 14.9. The van der Waals surface area contributed by atoms with Crippen molar-refractivity contribution in [2.45, 2.75) is 0 Å². The lowest BCUT2D eigenvalue weighted by Crippen LogP contribution is -2.04. The van der Waals surface area contributed by atoms with Crippen molar-refractivity contribution in [3.05, 3.63) is 65.5 Å². The number of methoxy groups -OCH3 is 1. The number of nitriles is 1. The van der Waals surface area contributed by atoms with E-state index in [1.165, 1.54) is 0 Å². The topological polar surface area (TPSA) is 77.9 Å². The largest absolute Gasteiger partial charge is 0.496 e. The fourth-order valence-corrected chi connectivity index (χ4v) is 3.06. The second-order valence-electron chi connectivity index (χ2n) is 5.45. The molecule has 1 aromatic heterocycles. The van der Waals surface area contributed by atoms with Crippen LogP contribution in [0.4, 0.5) is 5.69 Å². The van der Waals surface area contributed by atoms with Crippen LogP contribution in [0.2, 0.25) is 0 Å². The van der Waals surface area contributed by atoms with Gasteiger partial charge in [0.2, 0.25) is 5.78 Å². The van der Waals surface area contributed by atoms with Gasteiger partial charge in [-0.05, 0) is 24.3 Å². The number of aromatic amines is 1. The van der Waals surface area contributed by atoms with Gasteiger partial charge in [0.15, 0.2) is 0 Å². The lowest BCUT2D eigenvalue weighted by atomic mass is 10.0. The number of fused-ring (bicyclic) bond motifs is 2. The summed E-state index contributed by atoms with van der Waals surface area (Å²) in [6, 6.07) is 15.0. The van der Waals surface area contributed by atoms with Gasteiger partial charge in [0.1, 0.15) is 17.5 Å². The van der Waals surface area contributed by atoms with Gasteiger partial charge in [-0.1, -0.05) is 18.2 Å². The zero-order chi connectivity index (χ0) is 16.7. The van der Waals surface area contributed by atoms with Crippen molar-refractivity contribution in [1.82, 2.24) is 4.98 Å². The van der Waals surface area contributed by atoms with Gasteiger partial charge >= 0.3 is 0 Å². The predicted octanol–water partition coefficient (Wildman–Crippen LogP) is 3.72. The molecule has 116 valence electrons. The Morgan fingerprint density at radius 2 is 2.00 bits per heavy atom. The van der Waals surface area contributed by atoms with Crippen LogP contribution in [-0.4, -0.2) is 17.9 Å². The minimum Gasteiger partial charge on any atom is -0.496 e. The predicted molar refractivity (Wildman–Crippen MR) is 91.8 cm³/mol. The van der Waals surface area contributed by atoms with E-state index in [1.54, 1.807) is 19.4 Å². The van der Waals surface area contributed by atoms with Crippen LogP contribution < -0.4 is 10.1 Å². The van der Waals surface area contributed by atoms with Crippen LogP contribution in [0.15, 0.2) is 54.4 Å². The lowest BCUT2D eigenvalue weighted by molar-refractivity contribution is 0.104. The number of carbonyl (C=O) groups is 1. The van der Waals surface area contributed by atoms with Crippen LogP contribution in [0.25, 0.3) is 16.5 Å². The van der Waals surface area contributed by atoms with E-state index in [0.29, 0.717) is 28.1 Å². The average molecular weight is 315 g/mol. The number of Topliss-reactive ketones (excluding diaryl/α,β-unsaturated/α-hetero) is 1. The molecule has 0 bridgehead atoms. The molecule has 1 aliphatic heterocycles. The fraction of sp³-hybridized carbons (Fsp3) is 0.0526.